The van der Waals surface area contributed by atoms with Crippen LogP contribution in [0.1, 0.15) is 55.9 Å². The van der Waals surface area contributed by atoms with Gasteiger partial charge in [-0.15, -0.1) is 0 Å². The Balaban J connectivity index is 2.72. The highest BCUT2D eigenvalue weighted by atomic mass is 16.3. The number of rotatable bonds is 4. The van der Waals surface area contributed by atoms with E-state index in [1.165, 1.54) is 0 Å². The largest absolute Gasteiger partial charge is 0.387 e. The third-order valence-corrected chi connectivity index (χ3v) is 2.53. The molecule has 0 aliphatic carbocycles. The van der Waals surface area contributed by atoms with Crippen molar-refractivity contribution in [1.29, 1.82) is 0 Å². The number of primary amides is 1. The summed E-state index contributed by atoms with van der Waals surface area (Å²) in [6, 6.07) is 4.94. The van der Waals surface area contributed by atoms with Crippen LogP contribution in [0.2, 0.25) is 0 Å². The quantitative estimate of drug-likeness (QED) is 0.839. The Morgan fingerprint density at radius 1 is 1.47 bits per heavy atom. The van der Waals surface area contributed by atoms with Crippen molar-refractivity contribution in [3.8, 4) is 0 Å². The number of amides is 1. The highest BCUT2D eigenvalue weighted by Crippen LogP contribution is 2.26. The molecule has 0 aliphatic heterocycles. The molecule has 0 spiro atoms. The van der Waals surface area contributed by atoms with E-state index in [-0.39, 0.29) is 11.1 Å². The molecule has 0 unspecified atom stereocenters. The van der Waals surface area contributed by atoms with Crippen LogP contribution < -0.4 is 5.73 Å². The van der Waals surface area contributed by atoms with Crippen LogP contribution in [0.3, 0.4) is 0 Å². The third-order valence-electron chi connectivity index (χ3n) is 2.53. The lowest BCUT2D eigenvalue weighted by atomic mass is 9.89. The summed E-state index contributed by atoms with van der Waals surface area (Å²) >= 11 is 0. The first-order valence-corrected chi connectivity index (χ1v) is 5.74. The fourth-order valence-electron chi connectivity index (χ4n) is 1.49. The molecular weight excluding hydrogens is 216 g/mol. The van der Waals surface area contributed by atoms with E-state index in [4.69, 9.17) is 5.73 Å². The van der Waals surface area contributed by atoms with Gasteiger partial charge in [0, 0.05) is 0 Å². The van der Waals surface area contributed by atoms with Crippen molar-refractivity contribution >= 4 is 5.91 Å². The SMILES string of the molecule is CC(C)(C)CC[C@H](O)c1cccc(C(N)=O)n1. The Morgan fingerprint density at radius 2 is 2.12 bits per heavy atom. The second kappa shape index (κ2) is 5.27. The normalized spacial score (nSPS) is 13.4. The Bertz CT molecular complexity index is 397. The predicted molar refractivity (Wildman–Crippen MR) is 66.4 cm³/mol. The first-order valence-electron chi connectivity index (χ1n) is 5.74. The van der Waals surface area contributed by atoms with Gasteiger partial charge in [0.15, 0.2) is 0 Å². The van der Waals surface area contributed by atoms with Gasteiger partial charge in [0.1, 0.15) is 5.69 Å². The van der Waals surface area contributed by atoms with Crippen LogP contribution in [-0.2, 0) is 0 Å². The summed E-state index contributed by atoms with van der Waals surface area (Å²) in [6.07, 6.45) is 0.864. The summed E-state index contributed by atoms with van der Waals surface area (Å²) < 4.78 is 0. The van der Waals surface area contributed by atoms with Crippen LogP contribution in [-0.4, -0.2) is 16.0 Å². The lowest BCUT2D eigenvalue weighted by molar-refractivity contribution is 0.0993. The number of carbonyl (C=O) groups excluding carboxylic acids is 1. The number of hydrogen-bond donors (Lipinski definition) is 2. The minimum Gasteiger partial charge on any atom is -0.387 e. The smallest absolute Gasteiger partial charge is 0.267 e. The molecule has 94 valence electrons. The summed E-state index contributed by atoms with van der Waals surface area (Å²) in [7, 11) is 0. The van der Waals surface area contributed by atoms with Gasteiger partial charge in [-0.3, -0.25) is 4.79 Å². The van der Waals surface area contributed by atoms with Gasteiger partial charge >= 0.3 is 0 Å². The van der Waals surface area contributed by atoms with Crippen LogP contribution in [0, 0.1) is 5.41 Å². The fourth-order valence-corrected chi connectivity index (χ4v) is 1.49. The maximum atomic E-state index is 11.0. The van der Waals surface area contributed by atoms with E-state index in [1.807, 2.05) is 0 Å². The number of hydrogen-bond acceptors (Lipinski definition) is 3. The fraction of sp³-hybridized carbons (Fsp3) is 0.538. The molecule has 1 aromatic heterocycles. The van der Waals surface area contributed by atoms with Gasteiger partial charge in [-0.2, -0.15) is 0 Å². The van der Waals surface area contributed by atoms with Crippen molar-refractivity contribution in [1.82, 2.24) is 4.98 Å². The molecule has 0 aliphatic rings. The first kappa shape index (κ1) is 13.6. The molecule has 3 N–H and O–H groups in total. The zero-order valence-corrected chi connectivity index (χ0v) is 10.6. The number of carbonyl (C=O) groups is 1. The second-order valence-electron chi connectivity index (χ2n) is 5.43. The van der Waals surface area contributed by atoms with E-state index < -0.39 is 12.0 Å². The number of nitrogens with zero attached hydrogens (tertiary/aromatic N) is 1. The maximum absolute atomic E-state index is 11.0. The van der Waals surface area contributed by atoms with Crippen molar-refractivity contribution in [2.45, 2.75) is 39.7 Å². The lowest BCUT2D eigenvalue weighted by Gasteiger charge is -2.20. The van der Waals surface area contributed by atoms with Gasteiger partial charge < -0.3 is 10.8 Å². The molecule has 4 nitrogen and oxygen atoms in total. The summed E-state index contributed by atoms with van der Waals surface area (Å²) in [5.41, 5.74) is 6.01. The van der Waals surface area contributed by atoms with Crippen molar-refractivity contribution < 1.29 is 9.90 Å². The van der Waals surface area contributed by atoms with Gasteiger partial charge in [-0.1, -0.05) is 26.8 Å². The molecule has 0 fully saturated rings. The molecule has 1 rings (SSSR count). The molecule has 17 heavy (non-hydrogen) atoms. The van der Waals surface area contributed by atoms with Crippen LogP contribution >= 0.6 is 0 Å². The number of aliphatic hydroxyl groups is 1. The Labute approximate surface area is 102 Å². The van der Waals surface area contributed by atoms with Crippen molar-refractivity contribution in [2.75, 3.05) is 0 Å². The monoisotopic (exact) mass is 236 g/mol. The Morgan fingerprint density at radius 3 is 2.65 bits per heavy atom. The summed E-state index contributed by atoms with van der Waals surface area (Å²) in [4.78, 5) is 15.0. The topological polar surface area (TPSA) is 76.2 Å². The predicted octanol–water partition coefficient (Wildman–Crippen LogP) is 2.04. The van der Waals surface area contributed by atoms with Crippen molar-refractivity contribution in [3.63, 3.8) is 0 Å². The number of aliphatic hydroxyl groups excluding tert-OH is 1. The molecule has 0 saturated heterocycles. The number of nitrogens with two attached hydrogens (primary N) is 1. The van der Waals surface area contributed by atoms with Crippen molar-refractivity contribution in [2.24, 2.45) is 11.1 Å². The van der Waals surface area contributed by atoms with Gasteiger partial charge in [0.25, 0.3) is 5.91 Å². The minimum absolute atomic E-state index is 0.169. The van der Waals surface area contributed by atoms with Gasteiger partial charge in [0.05, 0.1) is 11.8 Å². The standard InChI is InChI=1S/C13H20N2O2/c1-13(2,3)8-7-11(16)9-5-4-6-10(15-9)12(14)17/h4-6,11,16H,7-8H2,1-3H3,(H2,14,17)/t11-/m0/s1. The van der Waals surface area contributed by atoms with Crippen molar-refractivity contribution in [3.05, 3.63) is 29.6 Å². The lowest BCUT2D eigenvalue weighted by Crippen LogP contribution is -2.15. The van der Waals surface area contributed by atoms with E-state index in [2.05, 4.69) is 25.8 Å². The average molecular weight is 236 g/mol. The average Bonchev–Trinajstić information content (AvgIpc) is 2.25. The van der Waals surface area contributed by atoms with Gasteiger partial charge in [0.2, 0.25) is 0 Å². The number of aromatic nitrogens is 1. The Hall–Kier alpha value is -1.42. The molecule has 1 amide bonds. The van der Waals surface area contributed by atoms with Gasteiger partial charge in [-0.05, 0) is 30.4 Å². The molecule has 1 heterocycles. The van der Waals surface area contributed by atoms with E-state index in [0.717, 1.165) is 6.42 Å². The van der Waals surface area contributed by atoms with Crippen LogP contribution in [0.4, 0.5) is 0 Å². The Kier molecular flexibility index (Phi) is 4.23. The summed E-state index contributed by atoms with van der Waals surface area (Å²) in [5.74, 6) is -0.574. The molecule has 0 saturated carbocycles. The highest BCUT2D eigenvalue weighted by Gasteiger charge is 2.16. The number of pyridine rings is 1. The summed E-state index contributed by atoms with van der Waals surface area (Å²) in [6.45, 7) is 6.35. The maximum Gasteiger partial charge on any atom is 0.267 e. The van der Waals surface area contributed by atoms with E-state index in [0.29, 0.717) is 12.1 Å². The zero-order chi connectivity index (χ0) is 13.1. The zero-order valence-electron chi connectivity index (χ0n) is 10.6. The van der Waals surface area contributed by atoms with Crippen LogP contribution in [0.5, 0.6) is 0 Å². The molecule has 0 aromatic carbocycles. The van der Waals surface area contributed by atoms with Gasteiger partial charge in [-0.25, -0.2) is 4.98 Å². The molecule has 0 bridgehead atoms. The first-order chi connectivity index (χ1) is 7.79. The molecule has 1 atom stereocenters. The highest BCUT2D eigenvalue weighted by molar-refractivity contribution is 5.90. The molecule has 0 radical (unpaired) electrons. The molecular formula is C13H20N2O2. The van der Waals surface area contributed by atoms with E-state index >= 15 is 0 Å². The summed E-state index contributed by atoms with van der Waals surface area (Å²) in [5, 5.41) is 9.98. The van der Waals surface area contributed by atoms with Crippen LogP contribution in [0.25, 0.3) is 0 Å². The van der Waals surface area contributed by atoms with E-state index in [9.17, 15) is 9.90 Å². The van der Waals surface area contributed by atoms with E-state index in [1.54, 1.807) is 18.2 Å². The molecule has 4 heteroatoms. The molecule has 1 aromatic rings. The second-order valence-corrected chi connectivity index (χ2v) is 5.43. The van der Waals surface area contributed by atoms with Crippen LogP contribution in [0.15, 0.2) is 18.2 Å². The third kappa shape index (κ3) is 4.53. The minimum atomic E-state index is -0.645.